The second-order valence-electron chi connectivity index (χ2n) is 6.38. The molecule has 126 valence electrons. The average Bonchev–Trinajstić information content (AvgIpc) is 2.96. The summed E-state index contributed by atoms with van der Waals surface area (Å²) in [6, 6.07) is 22.3. The van der Waals surface area contributed by atoms with Crippen LogP contribution in [0.5, 0.6) is 5.75 Å². The van der Waals surface area contributed by atoms with Crippen LogP contribution in [0, 0.1) is 0 Å². The molecule has 4 heteroatoms. The van der Waals surface area contributed by atoms with Crippen LogP contribution in [0.15, 0.2) is 71.5 Å². The minimum Gasteiger partial charge on any atom is -0.488 e. The summed E-state index contributed by atoms with van der Waals surface area (Å²) >= 11 is 0. The summed E-state index contributed by atoms with van der Waals surface area (Å²) in [6.07, 6.45) is 2.15. The van der Waals surface area contributed by atoms with Gasteiger partial charge in [-0.1, -0.05) is 48.5 Å². The Labute approximate surface area is 149 Å². The van der Waals surface area contributed by atoms with E-state index in [4.69, 9.17) is 4.74 Å². The van der Waals surface area contributed by atoms with E-state index in [0.717, 1.165) is 39.0 Å². The summed E-state index contributed by atoms with van der Waals surface area (Å²) in [6.45, 7) is 0.550. The molecule has 4 aromatic rings. The lowest BCUT2D eigenvalue weighted by molar-refractivity contribution is 0.307. The Hall–Kier alpha value is -3.53. The van der Waals surface area contributed by atoms with Crippen LogP contribution >= 0.6 is 0 Å². The van der Waals surface area contributed by atoms with Crippen molar-refractivity contribution in [3.05, 3.63) is 99.5 Å². The molecule has 0 bridgehead atoms. The second-order valence-corrected chi connectivity index (χ2v) is 6.38. The van der Waals surface area contributed by atoms with Gasteiger partial charge in [-0.05, 0) is 46.5 Å². The van der Waals surface area contributed by atoms with Gasteiger partial charge in [-0.3, -0.25) is 0 Å². The van der Waals surface area contributed by atoms with Crippen molar-refractivity contribution in [1.82, 2.24) is 9.97 Å². The number of ether oxygens (including phenoxy) is 1. The fraction of sp³-hybridized carbons (Fsp3) is 0.0455. The Morgan fingerprint density at radius 1 is 0.846 bits per heavy atom. The fourth-order valence-corrected chi connectivity index (χ4v) is 3.49. The second kappa shape index (κ2) is 5.77. The van der Waals surface area contributed by atoms with Gasteiger partial charge in [-0.2, -0.15) is 0 Å². The summed E-state index contributed by atoms with van der Waals surface area (Å²) in [5.74, 6) is 0.881. The maximum absolute atomic E-state index is 11.5. The van der Waals surface area contributed by atoms with Crippen LogP contribution < -0.4 is 10.4 Å². The third-order valence-corrected chi connectivity index (χ3v) is 4.72. The van der Waals surface area contributed by atoms with E-state index in [1.165, 1.54) is 5.56 Å². The number of hydrogen-bond donors (Lipinski definition) is 2. The maximum atomic E-state index is 11.5. The minimum atomic E-state index is -0.191. The lowest BCUT2D eigenvalue weighted by Crippen LogP contribution is -1.99. The van der Waals surface area contributed by atoms with Gasteiger partial charge in [-0.25, -0.2) is 4.79 Å². The predicted octanol–water partition coefficient (Wildman–Crippen LogP) is 4.34. The van der Waals surface area contributed by atoms with Crippen LogP contribution in [0.3, 0.4) is 0 Å². The molecule has 0 radical (unpaired) electrons. The van der Waals surface area contributed by atoms with Gasteiger partial charge in [0.2, 0.25) is 0 Å². The van der Waals surface area contributed by atoms with Crippen LogP contribution in [-0.2, 0) is 6.61 Å². The van der Waals surface area contributed by atoms with E-state index in [2.05, 4.69) is 34.2 Å². The number of rotatable bonds is 1. The molecule has 5 rings (SSSR count). The molecule has 26 heavy (non-hydrogen) atoms. The molecule has 2 heterocycles. The highest BCUT2D eigenvalue weighted by Crippen LogP contribution is 2.37. The zero-order chi connectivity index (χ0) is 17.5. The van der Waals surface area contributed by atoms with Crippen LogP contribution in [0.4, 0.5) is 0 Å². The van der Waals surface area contributed by atoms with Crippen molar-refractivity contribution in [1.29, 1.82) is 0 Å². The minimum absolute atomic E-state index is 0.191. The molecule has 3 aromatic carbocycles. The molecule has 0 aliphatic carbocycles. The molecule has 0 spiro atoms. The predicted molar refractivity (Wildman–Crippen MR) is 103 cm³/mol. The molecule has 0 saturated carbocycles. The number of aromatic amines is 2. The molecule has 0 saturated heterocycles. The highest BCUT2D eigenvalue weighted by molar-refractivity contribution is 5.95. The summed E-state index contributed by atoms with van der Waals surface area (Å²) in [5.41, 5.74) is 6.95. The van der Waals surface area contributed by atoms with Crippen molar-refractivity contribution in [2.24, 2.45) is 0 Å². The zero-order valence-electron chi connectivity index (χ0n) is 14.0. The van der Waals surface area contributed by atoms with E-state index in [-0.39, 0.29) is 5.69 Å². The number of imidazole rings is 1. The van der Waals surface area contributed by atoms with Crippen molar-refractivity contribution < 1.29 is 4.74 Å². The first kappa shape index (κ1) is 14.8. The van der Waals surface area contributed by atoms with E-state index >= 15 is 0 Å². The number of nitrogens with one attached hydrogen (secondary N) is 2. The molecule has 1 aliphatic rings. The van der Waals surface area contributed by atoms with Gasteiger partial charge in [0.25, 0.3) is 0 Å². The van der Waals surface area contributed by atoms with Crippen molar-refractivity contribution in [2.45, 2.75) is 6.61 Å². The van der Waals surface area contributed by atoms with E-state index in [9.17, 15) is 4.79 Å². The highest BCUT2D eigenvalue weighted by atomic mass is 16.5. The number of H-pyrrole nitrogens is 2. The Morgan fingerprint density at radius 2 is 1.62 bits per heavy atom. The molecule has 2 N–H and O–H groups in total. The van der Waals surface area contributed by atoms with Gasteiger partial charge < -0.3 is 14.7 Å². The fourth-order valence-electron chi connectivity index (χ4n) is 3.49. The molecule has 0 amide bonds. The Balaban J connectivity index is 1.75. The first-order valence-corrected chi connectivity index (χ1v) is 8.52. The summed E-state index contributed by atoms with van der Waals surface area (Å²) < 4.78 is 6.02. The van der Waals surface area contributed by atoms with Gasteiger partial charge >= 0.3 is 5.69 Å². The molecule has 1 aromatic heterocycles. The first-order valence-electron chi connectivity index (χ1n) is 8.52. The molecular formula is C22H16N2O2. The SMILES string of the molecule is O=c1[nH]c2ccc(C=C3c4ccccc4COc4ccccc43)cc2[nH]1. The molecule has 0 fully saturated rings. The van der Waals surface area contributed by atoms with Crippen molar-refractivity contribution in [3.63, 3.8) is 0 Å². The van der Waals surface area contributed by atoms with E-state index in [1.54, 1.807) is 0 Å². The first-order chi connectivity index (χ1) is 12.8. The van der Waals surface area contributed by atoms with Crippen LogP contribution in [-0.4, -0.2) is 9.97 Å². The summed E-state index contributed by atoms with van der Waals surface area (Å²) in [7, 11) is 0. The van der Waals surface area contributed by atoms with Crippen LogP contribution in [0.2, 0.25) is 0 Å². The Bertz CT molecular complexity index is 1160. The van der Waals surface area contributed by atoms with E-state index < -0.39 is 0 Å². The quantitative estimate of drug-likeness (QED) is 0.542. The third kappa shape index (κ3) is 2.43. The van der Waals surface area contributed by atoms with Crippen LogP contribution in [0.25, 0.3) is 22.7 Å². The normalized spacial score (nSPS) is 14.5. The van der Waals surface area contributed by atoms with Gasteiger partial charge in [0.05, 0.1) is 11.0 Å². The summed E-state index contributed by atoms with van der Waals surface area (Å²) in [4.78, 5) is 17.1. The number of benzene rings is 3. The van der Waals surface area contributed by atoms with Crippen molar-refractivity contribution >= 4 is 22.7 Å². The summed E-state index contributed by atoms with van der Waals surface area (Å²) in [5, 5.41) is 0. The maximum Gasteiger partial charge on any atom is 0.323 e. The molecular weight excluding hydrogens is 324 g/mol. The van der Waals surface area contributed by atoms with Crippen LogP contribution in [0.1, 0.15) is 22.3 Å². The average molecular weight is 340 g/mol. The largest absolute Gasteiger partial charge is 0.488 e. The standard InChI is InChI=1S/C22H16N2O2/c25-22-23-19-10-9-14(12-20(19)24-22)11-18-16-6-2-1-5-15(16)13-26-21-8-4-3-7-17(18)21/h1-12H,13H2,(H2,23,24,25). The number of para-hydroxylation sites is 1. The number of hydrogen-bond acceptors (Lipinski definition) is 2. The lowest BCUT2D eigenvalue weighted by atomic mass is 9.92. The third-order valence-electron chi connectivity index (χ3n) is 4.72. The topological polar surface area (TPSA) is 57.9 Å². The number of aromatic nitrogens is 2. The molecule has 0 unspecified atom stereocenters. The van der Waals surface area contributed by atoms with Gasteiger partial charge in [0, 0.05) is 5.56 Å². The molecule has 4 nitrogen and oxygen atoms in total. The van der Waals surface area contributed by atoms with Crippen molar-refractivity contribution in [2.75, 3.05) is 0 Å². The Morgan fingerprint density at radius 3 is 2.54 bits per heavy atom. The molecule has 0 atom stereocenters. The van der Waals surface area contributed by atoms with Gasteiger partial charge in [0.1, 0.15) is 12.4 Å². The monoisotopic (exact) mass is 340 g/mol. The zero-order valence-corrected chi connectivity index (χ0v) is 14.0. The highest BCUT2D eigenvalue weighted by Gasteiger charge is 2.18. The lowest BCUT2D eigenvalue weighted by Gasteiger charge is -2.10. The van der Waals surface area contributed by atoms with E-state index in [1.807, 2.05) is 48.5 Å². The number of fused-ring (bicyclic) bond motifs is 3. The van der Waals surface area contributed by atoms with Gasteiger partial charge in [0.15, 0.2) is 0 Å². The van der Waals surface area contributed by atoms with Crippen molar-refractivity contribution in [3.8, 4) is 5.75 Å². The van der Waals surface area contributed by atoms with Gasteiger partial charge in [-0.15, -0.1) is 0 Å². The molecule has 1 aliphatic heterocycles. The Kier molecular flexibility index (Phi) is 3.28. The smallest absolute Gasteiger partial charge is 0.323 e. The van der Waals surface area contributed by atoms with E-state index in [0.29, 0.717) is 6.61 Å².